The van der Waals surface area contributed by atoms with Crippen LogP contribution >= 0.6 is 31.9 Å². The molecule has 0 spiro atoms. The van der Waals surface area contributed by atoms with Gasteiger partial charge in [-0.15, -0.1) is 0 Å². The molecule has 2 N–H and O–H groups in total. The number of hydrogen-bond donors (Lipinski definition) is 1. The van der Waals surface area contributed by atoms with Crippen LogP contribution in [-0.2, 0) is 0 Å². The minimum Gasteiger partial charge on any atom is -0.449 e. The minimum absolute atomic E-state index is 0.0159. The molecule has 0 saturated heterocycles. The third-order valence-electron chi connectivity index (χ3n) is 5.67. The van der Waals surface area contributed by atoms with E-state index in [1.165, 1.54) is 0 Å². The maximum Gasteiger partial charge on any atom is 0.379 e. The molecule has 0 bridgehead atoms. The highest BCUT2D eigenvalue weighted by atomic mass is 79.9. The second kappa shape index (κ2) is 8.67. The first-order valence-electron chi connectivity index (χ1n) is 10.2. The van der Waals surface area contributed by atoms with E-state index in [0.29, 0.717) is 22.5 Å². The molecule has 0 radical (unpaired) electrons. The molecule has 4 aromatic rings. The molecule has 1 aliphatic rings. The molecule has 0 fully saturated rings. The van der Waals surface area contributed by atoms with Crippen LogP contribution in [0.15, 0.2) is 85.5 Å². The zero-order valence-electron chi connectivity index (χ0n) is 17.8. The van der Waals surface area contributed by atoms with Gasteiger partial charge in [0.15, 0.2) is 0 Å². The van der Waals surface area contributed by atoms with Crippen LogP contribution in [0.5, 0.6) is 11.5 Å². The monoisotopic (exact) mass is 578 g/mol. The van der Waals surface area contributed by atoms with Gasteiger partial charge >= 0.3 is 5.97 Å². The highest BCUT2D eigenvalue weighted by molar-refractivity contribution is 9.10. The van der Waals surface area contributed by atoms with Gasteiger partial charge in [0.25, 0.3) is 0 Å². The van der Waals surface area contributed by atoms with Crippen molar-refractivity contribution in [2.75, 3.05) is 0 Å². The standard InChI is InChI=1S/C26H16Br2N2O4/c1-13-19-10-16(28)5-8-21(19)33-24(13)26(31)32-17-6-7-18-22(11-17)34-25(30)20(12-29)23(18)14-3-2-4-15(27)9-14/h2-11,23H,30H2,1H3. The Labute approximate surface area is 211 Å². The van der Waals surface area contributed by atoms with Crippen LogP contribution in [0, 0.1) is 18.3 Å². The van der Waals surface area contributed by atoms with Crippen LogP contribution in [0.4, 0.5) is 0 Å². The van der Waals surface area contributed by atoms with Gasteiger partial charge in [0.05, 0.1) is 5.92 Å². The number of carbonyl (C=O) groups excluding carboxylic acids is 1. The Hall–Kier alpha value is -3.54. The Morgan fingerprint density at radius 3 is 2.65 bits per heavy atom. The highest BCUT2D eigenvalue weighted by Gasteiger charge is 2.31. The molecule has 3 aromatic carbocycles. The molecule has 0 amide bonds. The summed E-state index contributed by atoms with van der Waals surface area (Å²) in [5, 5.41) is 10.6. The number of aryl methyl sites for hydroxylation is 1. The molecule has 168 valence electrons. The molecule has 8 heteroatoms. The fraction of sp³-hybridized carbons (Fsp3) is 0.0769. The second-order valence-electron chi connectivity index (χ2n) is 7.77. The molecule has 0 aliphatic carbocycles. The van der Waals surface area contributed by atoms with Crippen molar-refractivity contribution < 1.29 is 18.7 Å². The van der Waals surface area contributed by atoms with Crippen LogP contribution in [0.1, 0.15) is 33.2 Å². The van der Waals surface area contributed by atoms with Crippen LogP contribution in [-0.4, -0.2) is 5.97 Å². The molecule has 6 nitrogen and oxygen atoms in total. The zero-order valence-corrected chi connectivity index (χ0v) is 20.9. The number of allylic oxidation sites excluding steroid dienone is 1. The van der Waals surface area contributed by atoms with Crippen molar-refractivity contribution in [1.82, 2.24) is 0 Å². The first-order valence-corrected chi connectivity index (χ1v) is 11.8. The van der Waals surface area contributed by atoms with Gasteiger partial charge in [-0.05, 0) is 48.9 Å². The van der Waals surface area contributed by atoms with E-state index in [9.17, 15) is 10.1 Å². The molecule has 0 saturated carbocycles. The number of fused-ring (bicyclic) bond motifs is 2. The van der Waals surface area contributed by atoms with E-state index >= 15 is 0 Å². The third kappa shape index (κ3) is 3.87. The van der Waals surface area contributed by atoms with Crippen molar-refractivity contribution in [3.8, 4) is 17.6 Å². The Morgan fingerprint density at radius 2 is 1.88 bits per heavy atom. The predicted molar refractivity (Wildman–Crippen MR) is 133 cm³/mol. The first-order chi connectivity index (χ1) is 16.4. The number of furan rings is 1. The second-order valence-corrected chi connectivity index (χ2v) is 9.60. The number of ether oxygens (including phenoxy) is 2. The van der Waals surface area contributed by atoms with Gasteiger partial charge in [0, 0.05) is 31.5 Å². The number of nitriles is 1. The zero-order chi connectivity index (χ0) is 24.0. The largest absolute Gasteiger partial charge is 0.449 e. The lowest BCUT2D eigenvalue weighted by atomic mass is 9.83. The van der Waals surface area contributed by atoms with Gasteiger partial charge in [-0.3, -0.25) is 0 Å². The number of nitrogens with two attached hydrogens (primary N) is 1. The molecule has 34 heavy (non-hydrogen) atoms. The number of carbonyl (C=O) groups is 1. The number of halogens is 2. The Balaban J connectivity index is 1.50. The summed E-state index contributed by atoms with van der Waals surface area (Å²) >= 11 is 6.91. The normalized spacial score (nSPS) is 14.9. The van der Waals surface area contributed by atoms with Crippen molar-refractivity contribution in [2.24, 2.45) is 5.73 Å². The smallest absolute Gasteiger partial charge is 0.379 e. The van der Waals surface area contributed by atoms with Crippen molar-refractivity contribution >= 4 is 48.8 Å². The molecule has 1 atom stereocenters. The van der Waals surface area contributed by atoms with E-state index < -0.39 is 11.9 Å². The fourth-order valence-electron chi connectivity index (χ4n) is 4.07. The molecular formula is C26H16Br2N2O4. The fourth-order valence-corrected chi connectivity index (χ4v) is 4.85. The molecule has 1 aliphatic heterocycles. The highest BCUT2D eigenvalue weighted by Crippen LogP contribution is 2.44. The van der Waals surface area contributed by atoms with Crippen molar-refractivity contribution in [3.05, 3.63) is 104 Å². The quantitative estimate of drug-likeness (QED) is 0.214. The third-order valence-corrected chi connectivity index (χ3v) is 6.65. The summed E-state index contributed by atoms with van der Waals surface area (Å²) in [5.74, 6) is -0.201. The summed E-state index contributed by atoms with van der Waals surface area (Å²) in [4.78, 5) is 12.9. The van der Waals surface area contributed by atoms with E-state index in [1.54, 1.807) is 24.3 Å². The van der Waals surface area contributed by atoms with Crippen molar-refractivity contribution in [1.29, 1.82) is 5.26 Å². The number of esters is 1. The van der Waals surface area contributed by atoms with Gasteiger partial charge in [-0.2, -0.15) is 5.26 Å². The first kappa shape index (κ1) is 22.3. The summed E-state index contributed by atoms with van der Waals surface area (Å²) in [5.41, 5.74) is 9.32. The van der Waals surface area contributed by atoms with Crippen molar-refractivity contribution in [3.63, 3.8) is 0 Å². The average molecular weight is 580 g/mol. The number of rotatable bonds is 3. The van der Waals surface area contributed by atoms with Crippen molar-refractivity contribution in [2.45, 2.75) is 12.8 Å². The van der Waals surface area contributed by atoms with Crippen LogP contribution in [0.3, 0.4) is 0 Å². The minimum atomic E-state index is -0.620. The summed E-state index contributed by atoms with van der Waals surface area (Å²) in [6.07, 6.45) is 0. The Morgan fingerprint density at radius 1 is 1.09 bits per heavy atom. The van der Waals surface area contributed by atoms with E-state index in [2.05, 4.69) is 37.9 Å². The van der Waals surface area contributed by atoms with Gasteiger partial charge in [-0.1, -0.05) is 50.1 Å². The lowest BCUT2D eigenvalue weighted by Gasteiger charge is -2.26. The summed E-state index contributed by atoms with van der Waals surface area (Å²) in [6, 6.07) is 20.4. The van der Waals surface area contributed by atoms with Crippen LogP contribution < -0.4 is 15.2 Å². The SMILES string of the molecule is Cc1c(C(=O)Oc2ccc3c(c2)OC(N)=C(C#N)C3c2cccc(Br)c2)oc2ccc(Br)cc12. The number of nitrogens with zero attached hydrogens (tertiary/aromatic N) is 1. The van der Waals surface area contributed by atoms with Gasteiger partial charge < -0.3 is 19.6 Å². The molecule has 5 rings (SSSR count). The van der Waals surface area contributed by atoms with Crippen LogP contribution in [0.25, 0.3) is 11.0 Å². The molecule has 2 heterocycles. The van der Waals surface area contributed by atoms with Gasteiger partial charge in [-0.25, -0.2) is 4.79 Å². The molecule has 1 aromatic heterocycles. The van der Waals surface area contributed by atoms with Crippen LogP contribution in [0.2, 0.25) is 0 Å². The summed E-state index contributed by atoms with van der Waals surface area (Å²) < 4.78 is 18.8. The summed E-state index contributed by atoms with van der Waals surface area (Å²) in [6.45, 7) is 1.81. The topological polar surface area (TPSA) is 98.5 Å². The maximum absolute atomic E-state index is 12.9. The number of hydrogen-bond acceptors (Lipinski definition) is 6. The molecule has 1 unspecified atom stereocenters. The van der Waals surface area contributed by atoms with Gasteiger partial charge in [0.1, 0.15) is 28.7 Å². The average Bonchev–Trinajstić information content (AvgIpc) is 3.14. The lowest BCUT2D eigenvalue weighted by Crippen LogP contribution is -2.21. The maximum atomic E-state index is 12.9. The van der Waals surface area contributed by atoms with E-state index in [1.807, 2.05) is 43.3 Å². The molecular weight excluding hydrogens is 564 g/mol. The van der Waals surface area contributed by atoms with Gasteiger partial charge in [0.2, 0.25) is 11.6 Å². The predicted octanol–water partition coefficient (Wildman–Crippen LogP) is 6.70. The summed E-state index contributed by atoms with van der Waals surface area (Å²) in [7, 11) is 0. The lowest BCUT2D eigenvalue weighted by molar-refractivity contribution is 0.0702. The number of benzene rings is 3. The van der Waals surface area contributed by atoms with E-state index in [-0.39, 0.29) is 17.4 Å². The Kier molecular flexibility index (Phi) is 5.68. The van der Waals surface area contributed by atoms with E-state index in [0.717, 1.165) is 25.5 Å². The van der Waals surface area contributed by atoms with E-state index in [4.69, 9.17) is 19.6 Å². The Bertz CT molecular complexity index is 1550.